The van der Waals surface area contributed by atoms with E-state index in [1.165, 1.54) is 24.0 Å². The minimum atomic E-state index is -0.218. The summed E-state index contributed by atoms with van der Waals surface area (Å²) < 4.78 is 13.4. The van der Waals surface area contributed by atoms with Gasteiger partial charge in [-0.2, -0.15) is 5.26 Å². The Bertz CT molecular complexity index is 1070. The van der Waals surface area contributed by atoms with Gasteiger partial charge in [-0.15, -0.1) is 0 Å². The molecular weight excluding hydrogens is 395 g/mol. The van der Waals surface area contributed by atoms with Crippen molar-refractivity contribution in [2.45, 2.75) is 19.9 Å². The number of nitrogen functional groups attached to an aromatic ring is 2. The Morgan fingerprint density at radius 3 is 2.35 bits per heavy atom. The van der Waals surface area contributed by atoms with Crippen LogP contribution in [0.25, 0.3) is 10.9 Å². The molecule has 1 aromatic carbocycles. The highest BCUT2D eigenvalue weighted by molar-refractivity contribution is 5.79. The summed E-state index contributed by atoms with van der Waals surface area (Å²) in [6, 6.07) is 8.80. The number of fused-ring (bicyclic) bond motifs is 1. The first-order valence-corrected chi connectivity index (χ1v) is 10.2. The predicted octanol–water partition coefficient (Wildman–Crippen LogP) is 2.20. The summed E-state index contributed by atoms with van der Waals surface area (Å²) >= 11 is 0. The number of piperazine rings is 1. The SMILES string of the molecule is CCc1cc2ccc(F)cc2nc1CN1CCN(C)CC1.N#Cc1c(N)ncnc1N. The third-order valence-corrected chi connectivity index (χ3v) is 5.32. The number of aromatic nitrogens is 3. The molecule has 0 saturated carbocycles. The second kappa shape index (κ2) is 10.1. The van der Waals surface area contributed by atoms with Gasteiger partial charge in [0, 0.05) is 44.2 Å². The first-order valence-electron chi connectivity index (χ1n) is 10.2. The number of anilines is 2. The van der Waals surface area contributed by atoms with E-state index in [4.69, 9.17) is 21.7 Å². The number of hydrogen-bond donors (Lipinski definition) is 2. The Morgan fingerprint density at radius 1 is 1.10 bits per heavy atom. The Balaban J connectivity index is 0.000000229. The van der Waals surface area contributed by atoms with Crippen molar-refractivity contribution in [3.8, 4) is 6.07 Å². The van der Waals surface area contributed by atoms with Gasteiger partial charge in [-0.25, -0.2) is 14.4 Å². The number of nitrogens with two attached hydrogens (primary N) is 2. The third-order valence-electron chi connectivity index (χ3n) is 5.32. The van der Waals surface area contributed by atoms with E-state index in [-0.39, 0.29) is 23.0 Å². The molecule has 3 aromatic rings. The first kappa shape index (κ1) is 22.3. The Morgan fingerprint density at radius 2 is 1.77 bits per heavy atom. The molecule has 1 aliphatic heterocycles. The Labute approximate surface area is 181 Å². The van der Waals surface area contributed by atoms with Crippen LogP contribution in [-0.4, -0.2) is 58.0 Å². The van der Waals surface area contributed by atoms with Crippen LogP contribution >= 0.6 is 0 Å². The van der Waals surface area contributed by atoms with Crippen molar-refractivity contribution in [2.24, 2.45) is 0 Å². The maximum absolute atomic E-state index is 13.4. The molecule has 0 atom stereocenters. The smallest absolute Gasteiger partial charge is 0.146 e. The van der Waals surface area contributed by atoms with Gasteiger partial charge < -0.3 is 16.4 Å². The van der Waals surface area contributed by atoms with Crippen molar-refractivity contribution in [3.63, 3.8) is 0 Å². The molecule has 0 unspecified atom stereocenters. The van der Waals surface area contributed by atoms with Crippen LogP contribution in [0.1, 0.15) is 23.7 Å². The lowest BCUT2D eigenvalue weighted by molar-refractivity contribution is 0.146. The lowest BCUT2D eigenvalue weighted by Gasteiger charge is -2.32. The maximum atomic E-state index is 13.4. The molecule has 0 amide bonds. The molecule has 0 radical (unpaired) electrons. The molecule has 31 heavy (non-hydrogen) atoms. The Kier molecular flexibility index (Phi) is 7.28. The fraction of sp³-hybridized carbons (Fsp3) is 0.364. The molecule has 2 aromatic heterocycles. The zero-order valence-electron chi connectivity index (χ0n) is 17.8. The predicted molar refractivity (Wildman–Crippen MR) is 119 cm³/mol. The average Bonchev–Trinajstić information content (AvgIpc) is 2.75. The molecule has 4 rings (SSSR count). The van der Waals surface area contributed by atoms with Crippen molar-refractivity contribution >= 4 is 22.5 Å². The van der Waals surface area contributed by atoms with Crippen molar-refractivity contribution in [2.75, 3.05) is 44.7 Å². The number of rotatable bonds is 3. The van der Waals surface area contributed by atoms with Crippen molar-refractivity contribution in [3.05, 3.63) is 53.2 Å². The molecule has 3 heterocycles. The number of nitrogens with zero attached hydrogens (tertiary/aromatic N) is 6. The number of aryl methyl sites for hydroxylation is 1. The monoisotopic (exact) mass is 422 g/mol. The molecule has 1 aliphatic rings. The maximum Gasteiger partial charge on any atom is 0.146 e. The Hall–Kier alpha value is -3.35. The zero-order chi connectivity index (χ0) is 22.4. The van der Waals surface area contributed by atoms with Gasteiger partial charge in [0.15, 0.2) is 0 Å². The second-order valence-corrected chi connectivity index (χ2v) is 7.50. The van der Waals surface area contributed by atoms with E-state index < -0.39 is 0 Å². The molecule has 1 saturated heterocycles. The summed E-state index contributed by atoms with van der Waals surface area (Å²) in [6.45, 7) is 7.36. The number of likely N-dealkylation sites (N-methyl/N-ethyl adjacent to an activating group) is 1. The minimum absolute atomic E-state index is 0.120. The summed E-state index contributed by atoms with van der Waals surface area (Å²) in [6.07, 6.45) is 2.18. The van der Waals surface area contributed by atoms with Crippen LogP contribution in [0.15, 0.2) is 30.6 Å². The highest BCUT2D eigenvalue weighted by Crippen LogP contribution is 2.20. The lowest BCUT2D eigenvalue weighted by atomic mass is 10.1. The molecule has 0 bridgehead atoms. The van der Waals surface area contributed by atoms with Crippen LogP contribution in [-0.2, 0) is 13.0 Å². The van der Waals surface area contributed by atoms with E-state index in [0.29, 0.717) is 0 Å². The van der Waals surface area contributed by atoms with Gasteiger partial charge in [-0.1, -0.05) is 6.92 Å². The van der Waals surface area contributed by atoms with Gasteiger partial charge in [-0.05, 0) is 37.2 Å². The van der Waals surface area contributed by atoms with Crippen molar-refractivity contribution < 1.29 is 4.39 Å². The number of halogens is 1. The fourth-order valence-corrected chi connectivity index (χ4v) is 3.41. The summed E-state index contributed by atoms with van der Waals surface area (Å²) in [5.74, 6) is 0.0230. The average molecular weight is 423 g/mol. The van der Waals surface area contributed by atoms with E-state index in [1.807, 2.05) is 6.07 Å². The first-order chi connectivity index (χ1) is 14.9. The summed E-state index contributed by atoms with van der Waals surface area (Å²) in [7, 11) is 2.16. The van der Waals surface area contributed by atoms with Crippen molar-refractivity contribution in [1.29, 1.82) is 5.26 Å². The van der Waals surface area contributed by atoms with Crippen LogP contribution in [0.5, 0.6) is 0 Å². The fourth-order valence-electron chi connectivity index (χ4n) is 3.41. The van der Waals surface area contributed by atoms with Gasteiger partial charge in [0.2, 0.25) is 0 Å². The zero-order valence-corrected chi connectivity index (χ0v) is 17.8. The van der Waals surface area contributed by atoms with E-state index in [9.17, 15) is 4.39 Å². The standard InChI is InChI=1S/C17H22FN3.C5H5N5/c1-3-13-10-14-4-5-15(18)11-16(14)19-17(13)12-21-8-6-20(2)7-9-21;6-1-3-4(7)9-2-10-5(3)8/h4-5,10-11H,3,6-9,12H2,1-2H3;2H,(H4,7,8,9,10). The van der Waals surface area contributed by atoms with Crippen LogP contribution in [0.3, 0.4) is 0 Å². The quantitative estimate of drug-likeness (QED) is 0.659. The topological polar surface area (TPSA) is 121 Å². The van der Waals surface area contributed by atoms with Crippen LogP contribution < -0.4 is 11.5 Å². The summed E-state index contributed by atoms with van der Waals surface area (Å²) in [4.78, 5) is 16.7. The van der Waals surface area contributed by atoms with Crippen LogP contribution in [0.2, 0.25) is 0 Å². The second-order valence-electron chi connectivity index (χ2n) is 7.50. The number of nitriles is 1. The van der Waals surface area contributed by atoms with Gasteiger partial charge in [0.25, 0.3) is 0 Å². The van der Waals surface area contributed by atoms with Gasteiger partial charge in [0.1, 0.15) is 35.4 Å². The summed E-state index contributed by atoms with van der Waals surface area (Å²) in [5, 5.41) is 9.43. The highest BCUT2D eigenvalue weighted by Gasteiger charge is 2.16. The van der Waals surface area contributed by atoms with E-state index in [0.717, 1.165) is 55.7 Å². The molecule has 162 valence electrons. The summed E-state index contributed by atoms with van der Waals surface area (Å²) in [5.41, 5.74) is 13.8. The van der Waals surface area contributed by atoms with Crippen LogP contribution in [0, 0.1) is 17.1 Å². The van der Waals surface area contributed by atoms with E-state index in [2.05, 4.69) is 39.8 Å². The minimum Gasteiger partial charge on any atom is -0.382 e. The largest absolute Gasteiger partial charge is 0.382 e. The molecule has 8 nitrogen and oxygen atoms in total. The number of hydrogen-bond acceptors (Lipinski definition) is 8. The molecule has 0 spiro atoms. The normalized spacial score (nSPS) is 14.6. The van der Waals surface area contributed by atoms with Crippen molar-refractivity contribution in [1.82, 2.24) is 24.8 Å². The van der Waals surface area contributed by atoms with E-state index in [1.54, 1.807) is 6.07 Å². The lowest BCUT2D eigenvalue weighted by Crippen LogP contribution is -2.44. The van der Waals surface area contributed by atoms with Gasteiger partial charge in [0.05, 0.1) is 11.2 Å². The number of pyridine rings is 1. The molecule has 4 N–H and O–H groups in total. The molecule has 0 aliphatic carbocycles. The van der Waals surface area contributed by atoms with Crippen LogP contribution in [0.4, 0.5) is 16.0 Å². The van der Waals surface area contributed by atoms with Gasteiger partial charge in [-0.3, -0.25) is 9.88 Å². The van der Waals surface area contributed by atoms with Gasteiger partial charge >= 0.3 is 0 Å². The molecule has 1 fully saturated rings. The molecular formula is C22H27FN8. The number of benzene rings is 1. The molecule has 9 heteroatoms. The third kappa shape index (κ3) is 5.63. The highest BCUT2D eigenvalue weighted by atomic mass is 19.1. The van der Waals surface area contributed by atoms with E-state index >= 15 is 0 Å².